The standard InChI is InChI=1S/C33H62O9Si5/c1-17-36-32(35)33(42-47(14,15)16)23-28(31(41-46(11,12)13)29(24-33)40-45(8,9)10)37-30(34)21-19-25-18-20-26(38-43(2,3)4)27(22-25)39-44(5,6)7/h18-22,28-29,31H,17,23-24H2,1-16H3/b21-19+/t28-,29-,31-,33+/m1/s1. The molecule has 0 saturated heterocycles. The number of hydrogen-bond donors (Lipinski definition) is 0. The normalized spacial score (nSPS) is 23.0. The van der Waals surface area contributed by atoms with Crippen LogP contribution < -0.4 is 8.85 Å². The molecule has 0 aliphatic heterocycles. The highest BCUT2D eigenvalue weighted by Gasteiger charge is 2.57. The van der Waals surface area contributed by atoms with E-state index in [9.17, 15) is 9.59 Å². The Morgan fingerprint density at radius 3 is 1.74 bits per heavy atom. The first-order valence-corrected chi connectivity index (χ1v) is 33.8. The second-order valence-electron chi connectivity index (χ2n) is 17.2. The molecule has 1 aliphatic carbocycles. The van der Waals surface area contributed by atoms with Crippen LogP contribution in [0.5, 0.6) is 11.5 Å². The zero-order chi connectivity index (χ0) is 36.2. The summed E-state index contributed by atoms with van der Waals surface area (Å²) >= 11 is 0. The molecule has 0 amide bonds. The van der Waals surface area contributed by atoms with Gasteiger partial charge in [0.1, 0.15) is 23.7 Å². The minimum atomic E-state index is -2.29. The van der Waals surface area contributed by atoms with E-state index in [0.717, 1.165) is 5.56 Å². The first-order chi connectivity index (χ1) is 21.1. The van der Waals surface area contributed by atoms with Gasteiger partial charge < -0.3 is 31.6 Å². The highest BCUT2D eigenvalue weighted by Crippen LogP contribution is 2.41. The predicted octanol–water partition coefficient (Wildman–Crippen LogP) is 8.43. The summed E-state index contributed by atoms with van der Waals surface area (Å²) in [6, 6.07) is 5.71. The first-order valence-electron chi connectivity index (χ1n) is 16.7. The van der Waals surface area contributed by atoms with Gasteiger partial charge in [-0.25, -0.2) is 9.59 Å². The van der Waals surface area contributed by atoms with Crippen LogP contribution in [0, 0.1) is 0 Å². The minimum absolute atomic E-state index is 0.118. The monoisotopic (exact) mass is 742 g/mol. The topological polar surface area (TPSA) is 98.8 Å². The van der Waals surface area contributed by atoms with Gasteiger partial charge in [-0.1, -0.05) is 6.07 Å². The molecule has 1 fully saturated rings. The van der Waals surface area contributed by atoms with Crippen molar-refractivity contribution >= 4 is 59.6 Å². The predicted molar refractivity (Wildman–Crippen MR) is 203 cm³/mol. The molecule has 0 spiro atoms. The average Bonchev–Trinajstić information content (AvgIpc) is 2.82. The number of rotatable bonds is 15. The highest BCUT2D eigenvalue weighted by molar-refractivity contribution is 6.71. The van der Waals surface area contributed by atoms with Gasteiger partial charge in [0.15, 0.2) is 30.6 Å². The second-order valence-corrected chi connectivity index (χ2v) is 39.5. The van der Waals surface area contributed by atoms with Crippen molar-refractivity contribution in [1.29, 1.82) is 0 Å². The zero-order valence-corrected chi connectivity index (χ0v) is 36.9. The Kier molecular flexibility index (Phi) is 13.8. The molecule has 2 rings (SSSR count). The van der Waals surface area contributed by atoms with Gasteiger partial charge in [0.25, 0.3) is 0 Å². The van der Waals surface area contributed by atoms with E-state index in [1.807, 2.05) is 37.8 Å². The summed E-state index contributed by atoms with van der Waals surface area (Å²) < 4.78 is 44.6. The fraction of sp³-hybridized carbons (Fsp3) is 0.697. The molecule has 1 aliphatic rings. The summed E-state index contributed by atoms with van der Waals surface area (Å²) in [6.45, 7) is 33.4. The largest absolute Gasteiger partial charge is 0.542 e. The molecular formula is C33H62O9Si5. The zero-order valence-electron chi connectivity index (χ0n) is 31.9. The molecule has 0 unspecified atom stereocenters. The van der Waals surface area contributed by atoms with Crippen LogP contribution in [-0.2, 0) is 32.3 Å². The summed E-state index contributed by atoms with van der Waals surface area (Å²) in [4.78, 5) is 27.3. The maximum atomic E-state index is 13.7. The van der Waals surface area contributed by atoms with Crippen LogP contribution in [0.3, 0.4) is 0 Å². The molecule has 47 heavy (non-hydrogen) atoms. The number of carbonyl (C=O) groups is 2. The lowest BCUT2D eigenvalue weighted by molar-refractivity contribution is -0.192. The van der Waals surface area contributed by atoms with E-state index in [2.05, 4.69) is 78.6 Å². The first kappa shape index (κ1) is 41.6. The smallest absolute Gasteiger partial charge is 0.337 e. The molecule has 0 bridgehead atoms. The molecule has 0 N–H and O–H groups in total. The molecule has 0 radical (unpaired) electrons. The van der Waals surface area contributed by atoms with Gasteiger partial charge in [0.05, 0.1) is 12.7 Å². The summed E-state index contributed by atoms with van der Waals surface area (Å²) in [5.41, 5.74) is -0.548. The van der Waals surface area contributed by atoms with Gasteiger partial charge >= 0.3 is 11.9 Å². The lowest BCUT2D eigenvalue weighted by Gasteiger charge is -2.50. The van der Waals surface area contributed by atoms with Crippen molar-refractivity contribution in [3.05, 3.63) is 29.8 Å². The van der Waals surface area contributed by atoms with Crippen LogP contribution >= 0.6 is 0 Å². The number of esters is 2. The maximum Gasteiger partial charge on any atom is 0.337 e. The molecule has 1 saturated carbocycles. The lowest BCUT2D eigenvalue weighted by Crippen LogP contribution is -2.64. The molecule has 1 aromatic carbocycles. The molecule has 0 aromatic heterocycles. The average molecular weight is 743 g/mol. The Hall–Kier alpha value is -1.54. The van der Waals surface area contributed by atoms with E-state index < -0.39 is 77.4 Å². The van der Waals surface area contributed by atoms with Crippen LogP contribution in [0.1, 0.15) is 25.3 Å². The fourth-order valence-corrected chi connectivity index (χ4v) is 10.7. The third kappa shape index (κ3) is 14.9. The SMILES string of the molecule is CCOC(=O)[C@]1(O[Si](C)(C)C)C[C@@H](OC(=O)/C=C/c2ccc(O[Si](C)(C)C)c(O[Si](C)(C)C)c2)[C@@H](O[Si](C)(C)C)[C@H](O[Si](C)(C)C)C1. The van der Waals surface area contributed by atoms with Crippen LogP contribution in [0.2, 0.25) is 98.2 Å². The van der Waals surface area contributed by atoms with Gasteiger partial charge in [-0.3, -0.25) is 0 Å². The molecule has 9 nitrogen and oxygen atoms in total. The number of benzene rings is 1. The summed E-state index contributed by atoms with van der Waals surface area (Å²) in [7, 11) is -10.4. The van der Waals surface area contributed by atoms with Crippen molar-refractivity contribution in [3.8, 4) is 11.5 Å². The van der Waals surface area contributed by atoms with E-state index in [1.165, 1.54) is 6.08 Å². The van der Waals surface area contributed by atoms with Crippen molar-refractivity contribution in [2.45, 2.75) is 142 Å². The van der Waals surface area contributed by atoms with Gasteiger partial charge in [0, 0.05) is 18.9 Å². The van der Waals surface area contributed by atoms with Crippen LogP contribution in [0.4, 0.5) is 0 Å². The summed E-state index contributed by atoms with van der Waals surface area (Å²) in [5, 5.41) is 0. The lowest BCUT2D eigenvalue weighted by atomic mass is 9.79. The van der Waals surface area contributed by atoms with E-state index in [0.29, 0.717) is 11.5 Å². The van der Waals surface area contributed by atoms with Gasteiger partial charge in [-0.05, 0) is 129 Å². The fourth-order valence-electron chi connectivity index (χ4n) is 5.38. The van der Waals surface area contributed by atoms with Crippen molar-refractivity contribution in [2.75, 3.05) is 6.61 Å². The molecular weight excluding hydrogens is 681 g/mol. The van der Waals surface area contributed by atoms with Crippen LogP contribution in [0.25, 0.3) is 6.08 Å². The Balaban J connectivity index is 2.54. The van der Waals surface area contributed by atoms with Gasteiger partial charge in [-0.15, -0.1) is 0 Å². The third-order valence-corrected chi connectivity index (χ3v) is 11.1. The van der Waals surface area contributed by atoms with Crippen LogP contribution in [0.15, 0.2) is 24.3 Å². The summed E-state index contributed by atoms with van der Waals surface area (Å²) in [5.74, 6) is 0.386. The Morgan fingerprint density at radius 1 is 0.723 bits per heavy atom. The maximum absolute atomic E-state index is 13.7. The van der Waals surface area contributed by atoms with Crippen molar-refractivity contribution in [1.82, 2.24) is 0 Å². The van der Waals surface area contributed by atoms with E-state index >= 15 is 0 Å². The van der Waals surface area contributed by atoms with Gasteiger partial charge in [-0.2, -0.15) is 0 Å². The Bertz CT molecular complexity index is 1250. The Morgan fingerprint density at radius 2 is 1.26 bits per heavy atom. The quantitative estimate of drug-likeness (QED) is 0.0997. The van der Waals surface area contributed by atoms with E-state index in [4.69, 9.17) is 31.6 Å². The van der Waals surface area contributed by atoms with Crippen molar-refractivity contribution in [3.63, 3.8) is 0 Å². The molecule has 4 atom stereocenters. The number of carbonyl (C=O) groups excluding carboxylic acids is 2. The molecule has 14 heteroatoms. The minimum Gasteiger partial charge on any atom is -0.542 e. The van der Waals surface area contributed by atoms with Crippen molar-refractivity contribution in [2.24, 2.45) is 0 Å². The third-order valence-electron chi connectivity index (χ3n) is 6.42. The van der Waals surface area contributed by atoms with E-state index in [1.54, 1.807) is 13.0 Å². The second kappa shape index (κ2) is 15.6. The molecule has 268 valence electrons. The molecule has 0 heterocycles. The number of hydrogen-bond acceptors (Lipinski definition) is 9. The van der Waals surface area contributed by atoms with E-state index in [-0.39, 0.29) is 19.4 Å². The Labute approximate surface area is 289 Å². The molecule has 1 aromatic rings. The highest BCUT2D eigenvalue weighted by atomic mass is 28.4. The van der Waals surface area contributed by atoms with Crippen LogP contribution in [-0.4, -0.2) is 84.0 Å². The van der Waals surface area contributed by atoms with Gasteiger partial charge in [0.2, 0.25) is 16.6 Å². The summed E-state index contributed by atoms with van der Waals surface area (Å²) in [6.07, 6.45) is 1.62. The number of ether oxygens (including phenoxy) is 2. The van der Waals surface area contributed by atoms with Crippen molar-refractivity contribution < 1.29 is 41.2 Å².